The summed E-state index contributed by atoms with van der Waals surface area (Å²) in [6.45, 7) is 0.631. The number of hydrogen-bond donors (Lipinski definition) is 0. The summed E-state index contributed by atoms with van der Waals surface area (Å²) >= 11 is 1.50. The summed E-state index contributed by atoms with van der Waals surface area (Å²) in [5, 5.41) is 1.92. The molecule has 0 unspecified atom stereocenters. The van der Waals surface area contributed by atoms with Crippen LogP contribution < -0.4 is 0 Å². The number of sulfonamides is 1. The van der Waals surface area contributed by atoms with Gasteiger partial charge >= 0.3 is 5.97 Å². The zero-order chi connectivity index (χ0) is 22.8. The summed E-state index contributed by atoms with van der Waals surface area (Å²) in [6, 6.07) is 17.6. The summed E-state index contributed by atoms with van der Waals surface area (Å²) in [7, 11) is -3.75. The molecule has 0 amide bonds. The highest BCUT2D eigenvalue weighted by Crippen LogP contribution is 2.26. The second-order valence-corrected chi connectivity index (χ2v) is 10.5. The monoisotopic (exact) mass is 480 g/mol. The Bertz CT molecular complexity index is 1390. The van der Waals surface area contributed by atoms with Crippen molar-refractivity contribution in [2.24, 2.45) is 0 Å². The summed E-state index contributed by atoms with van der Waals surface area (Å²) < 4.78 is 38.6. The number of benzene rings is 2. The lowest BCUT2D eigenvalue weighted by Crippen LogP contribution is -2.36. The van der Waals surface area contributed by atoms with E-state index in [1.54, 1.807) is 6.07 Å². The summed E-state index contributed by atoms with van der Waals surface area (Å²) in [6.07, 6.45) is 2.10. The van der Waals surface area contributed by atoms with Crippen LogP contribution in [0, 0.1) is 0 Å². The lowest BCUT2D eigenvalue weighted by Gasteiger charge is -2.28. The number of esters is 1. The Labute approximate surface area is 195 Å². The van der Waals surface area contributed by atoms with Gasteiger partial charge in [0.25, 0.3) is 0 Å². The highest BCUT2D eigenvalue weighted by Gasteiger charge is 2.28. The molecule has 0 bridgehead atoms. The number of thiophene rings is 1. The molecule has 0 atom stereocenters. The molecule has 33 heavy (non-hydrogen) atoms. The zero-order valence-electron chi connectivity index (χ0n) is 17.5. The van der Waals surface area contributed by atoms with Gasteiger partial charge in [0.05, 0.1) is 15.3 Å². The number of nitrogens with zero attached hydrogens (tertiary/aromatic N) is 2. The van der Waals surface area contributed by atoms with Crippen molar-refractivity contribution in [3.8, 4) is 10.8 Å². The Balaban J connectivity index is 1.28. The molecule has 168 valence electrons. The smallest absolute Gasteiger partial charge is 0.338 e. The number of oxazole rings is 1. The van der Waals surface area contributed by atoms with Crippen molar-refractivity contribution in [3.05, 3.63) is 94.7 Å². The van der Waals surface area contributed by atoms with Crippen LogP contribution in [0.25, 0.3) is 10.8 Å². The van der Waals surface area contributed by atoms with E-state index in [9.17, 15) is 13.2 Å². The SMILES string of the molecule is O=C(OCc1coc(-c2cccs2)n1)c1cccc(S(=O)(=O)N2CCc3ccccc3C2)c1. The molecular formula is C24H20N2O5S2. The zero-order valence-corrected chi connectivity index (χ0v) is 19.1. The Morgan fingerprint density at radius 3 is 2.76 bits per heavy atom. The molecule has 0 spiro atoms. The third kappa shape index (κ3) is 4.47. The molecule has 1 aliphatic heterocycles. The predicted molar refractivity (Wildman–Crippen MR) is 123 cm³/mol. The third-order valence-electron chi connectivity index (χ3n) is 5.44. The standard InChI is InChI=1S/C24H20N2O5S2/c27-24(31-16-20-15-30-23(25-20)22-9-4-12-32-22)18-7-3-8-21(13-18)33(28,29)26-11-10-17-5-1-2-6-19(17)14-26/h1-9,12-13,15H,10-11,14,16H2. The maximum absolute atomic E-state index is 13.2. The van der Waals surface area contributed by atoms with E-state index in [0.717, 1.165) is 16.0 Å². The van der Waals surface area contributed by atoms with Crippen LogP contribution in [0.5, 0.6) is 0 Å². The molecule has 7 nitrogen and oxygen atoms in total. The molecule has 0 radical (unpaired) electrons. The molecule has 3 heterocycles. The van der Waals surface area contributed by atoms with Gasteiger partial charge in [0.2, 0.25) is 15.9 Å². The van der Waals surface area contributed by atoms with Crippen molar-refractivity contribution >= 4 is 27.3 Å². The van der Waals surface area contributed by atoms with Crippen molar-refractivity contribution in [2.45, 2.75) is 24.5 Å². The molecule has 2 aromatic carbocycles. The van der Waals surface area contributed by atoms with Crippen LogP contribution in [-0.4, -0.2) is 30.2 Å². The largest absolute Gasteiger partial charge is 0.455 e. The Hall–Kier alpha value is -3.27. The fourth-order valence-electron chi connectivity index (χ4n) is 3.72. The molecule has 1 aliphatic rings. The van der Waals surface area contributed by atoms with Gasteiger partial charge < -0.3 is 9.15 Å². The number of aromatic nitrogens is 1. The molecule has 0 fully saturated rings. The Morgan fingerprint density at radius 2 is 1.94 bits per heavy atom. The van der Waals surface area contributed by atoms with Crippen LogP contribution in [0.15, 0.2) is 81.6 Å². The number of hydrogen-bond acceptors (Lipinski definition) is 7. The van der Waals surface area contributed by atoms with Gasteiger partial charge in [-0.15, -0.1) is 11.3 Å². The number of carbonyl (C=O) groups excluding carboxylic acids is 1. The third-order valence-corrected chi connectivity index (χ3v) is 8.14. The van der Waals surface area contributed by atoms with Crippen LogP contribution in [0.2, 0.25) is 0 Å². The second-order valence-electron chi connectivity index (χ2n) is 7.58. The van der Waals surface area contributed by atoms with Crippen molar-refractivity contribution in [1.82, 2.24) is 9.29 Å². The topological polar surface area (TPSA) is 89.7 Å². The van der Waals surface area contributed by atoms with E-state index in [2.05, 4.69) is 4.98 Å². The fourth-order valence-corrected chi connectivity index (χ4v) is 5.84. The maximum atomic E-state index is 13.2. The molecule has 0 aliphatic carbocycles. The normalized spacial score (nSPS) is 14.1. The quantitative estimate of drug-likeness (QED) is 0.377. The maximum Gasteiger partial charge on any atom is 0.338 e. The number of ether oxygens (including phenoxy) is 1. The van der Waals surface area contributed by atoms with Gasteiger partial charge in [0, 0.05) is 13.1 Å². The van der Waals surface area contributed by atoms with Gasteiger partial charge in [-0.2, -0.15) is 4.31 Å². The van der Waals surface area contributed by atoms with Crippen LogP contribution in [-0.2, 0) is 34.3 Å². The van der Waals surface area contributed by atoms with Gasteiger partial charge in [-0.1, -0.05) is 36.4 Å². The van der Waals surface area contributed by atoms with Crippen LogP contribution in [0.4, 0.5) is 0 Å². The summed E-state index contributed by atoms with van der Waals surface area (Å²) in [4.78, 5) is 17.9. The average molecular weight is 481 g/mol. The fraction of sp³-hybridized carbons (Fsp3) is 0.167. The lowest BCUT2D eigenvalue weighted by molar-refractivity contribution is 0.0467. The van der Waals surface area contributed by atoms with Crippen molar-refractivity contribution < 1.29 is 22.4 Å². The first kappa shape index (κ1) is 21.6. The van der Waals surface area contributed by atoms with Crippen LogP contribution in [0.1, 0.15) is 27.2 Å². The second kappa shape index (κ2) is 8.93. The van der Waals surface area contributed by atoms with Crippen molar-refractivity contribution in [2.75, 3.05) is 6.54 Å². The first-order chi connectivity index (χ1) is 16.0. The van der Waals surface area contributed by atoms with E-state index in [-0.39, 0.29) is 17.1 Å². The highest BCUT2D eigenvalue weighted by molar-refractivity contribution is 7.89. The first-order valence-electron chi connectivity index (χ1n) is 10.3. The molecule has 2 aromatic heterocycles. The molecular weight excluding hydrogens is 460 g/mol. The van der Waals surface area contributed by atoms with E-state index in [1.165, 1.54) is 40.1 Å². The Kier molecular flexibility index (Phi) is 5.84. The van der Waals surface area contributed by atoms with E-state index in [0.29, 0.717) is 31.1 Å². The number of fused-ring (bicyclic) bond motifs is 1. The predicted octanol–water partition coefficient (Wildman–Crippen LogP) is 4.51. The molecule has 0 saturated heterocycles. The molecule has 0 N–H and O–H groups in total. The van der Waals surface area contributed by atoms with Crippen LogP contribution >= 0.6 is 11.3 Å². The van der Waals surface area contributed by atoms with E-state index >= 15 is 0 Å². The molecule has 9 heteroatoms. The van der Waals surface area contributed by atoms with E-state index in [4.69, 9.17) is 9.15 Å². The van der Waals surface area contributed by atoms with Crippen molar-refractivity contribution in [3.63, 3.8) is 0 Å². The average Bonchev–Trinajstić information content (AvgIpc) is 3.54. The van der Waals surface area contributed by atoms with Gasteiger partial charge in [-0.25, -0.2) is 18.2 Å². The Morgan fingerprint density at radius 1 is 1.09 bits per heavy atom. The number of carbonyl (C=O) groups is 1. The molecule has 0 saturated carbocycles. The minimum Gasteiger partial charge on any atom is -0.455 e. The van der Waals surface area contributed by atoms with Crippen molar-refractivity contribution in [1.29, 1.82) is 0 Å². The van der Waals surface area contributed by atoms with Gasteiger partial charge in [-0.05, 0) is 47.2 Å². The minimum atomic E-state index is -3.75. The van der Waals surface area contributed by atoms with Crippen LogP contribution in [0.3, 0.4) is 0 Å². The first-order valence-corrected chi connectivity index (χ1v) is 12.6. The summed E-state index contributed by atoms with van der Waals surface area (Å²) in [5.74, 6) is -0.163. The molecule has 5 rings (SSSR count). The van der Waals surface area contributed by atoms with E-state index in [1.807, 2.05) is 41.8 Å². The highest BCUT2D eigenvalue weighted by atomic mass is 32.2. The lowest BCUT2D eigenvalue weighted by atomic mass is 10.0. The van der Waals surface area contributed by atoms with Gasteiger partial charge in [-0.3, -0.25) is 0 Å². The number of rotatable bonds is 6. The minimum absolute atomic E-state index is 0.0674. The van der Waals surface area contributed by atoms with Gasteiger partial charge in [0.15, 0.2) is 0 Å². The van der Waals surface area contributed by atoms with E-state index < -0.39 is 16.0 Å². The van der Waals surface area contributed by atoms with Gasteiger partial charge in [0.1, 0.15) is 18.6 Å². The summed E-state index contributed by atoms with van der Waals surface area (Å²) in [5.41, 5.74) is 2.80. The molecule has 4 aromatic rings.